The first-order valence-corrected chi connectivity index (χ1v) is 7.44. The fourth-order valence-electron chi connectivity index (χ4n) is 1.47. The van der Waals surface area contributed by atoms with Gasteiger partial charge in [-0.15, -0.1) is 0 Å². The predicted octanol–water partition coefficient (Wildman–Crippen LogP) is 3.06. The van der Waals surface area contributed by atoms with E-state index in [0.717, 1.165) is 35.8 Å². The maximum atomic E-state index is 10.3. The molecule has 0 aromatic heterocycles. The number of carboxylic acids is 1. The highest BCUT2D eigenvalue weighted by atomic mass is 32.2. The third-order valence-electron chi connectivity index (χ3n) is 2.49. The van der Waals surface area contributed by atoms with E-state index in [9.17, 15) is 4.79 Å². The second kappa shape index (κ2) is 9.55. The van der Waals surface area contributed by atoms with Crippen LogP contribution in [0.4, 0.5) is 0 Å². The van der Waals surface area contributed by atoms with Gasteiger partial charge in [-0.05, 0) is 42.9 Å². The van der Waals surface area contributed by atoms with E-state index in [1.807, 2.05) is 24.3 Å². The lowest BCUT2D eigenvalue weighted by Crippen LogP contribution is -2.01. The van der Waals surface area contributed by atoms with Gasteiger partial charge in [0, 0.05) is 12.2 Å². The zero-order valence-electron chi connectivity index (χ0n) is 11.1. The molecule has 0 atom stereocenters. The summed E-state index contributed by atoms with van der Waals surface area (Å²) in [6, 6.07) is 7.51. The Kier molecular flexibility index (Phi) is 7.89. The highest BCUT2D eigenvalue weighted by Crippen LogP contribution is 2.17. The van der Waals surface area contributed by atoms with Gasteiger partial charge in [-0.3, -0.25) is 4.79 Å². The third kappa shape index (κ3) is 7.62. The average Bonchev–Trinajstić information content (AvgIpc) is 2.42. The minimum absolute atomic E-state index is 0.267. The Morgan fingerprint density at radius 2 is 1.84 bits per heavy atom. The largest absolute Gasteiger partial charge is 0.497 e. The van der Waals surface area contributed by atoms with Gasteiger partial charge < -0.3 is 14.6 Å². The van der Waals surface area contributed by atoms with E-state index in [4.69, 9.17) is 14.6 Å². The molecule has 1 aromatic carbocycles. The summed E-state index contributed by atoms with van der Waals surface area (Å²) in [5.41, 5.74) is 0. The van der Waals surface area contributed by atoms with Crippen molar-refractivity contribution in [2.45, 2.75) is 19.3 Å². The standard InChI is InChI=1S/C14H20O4S/c1-17-12-5-7-13(8-6-12)18-9-11-19-10-3-2-4-14(15)16/h5-8H,2-4,9-11H2,1H3,(H,15,16). The smallest absolute Gasteiger partial charge is 0.303 e. The van der Waals surface area contributed by atoms with Crippen molar-refractivity contribution >= 4 is 17.7 Å². The van der Waals surface area contributed by atoms with Crippen molar-refractivity contribution in [3.05, 3.63) is 24.3 Å². The van der Waals surface area contributed by atoms with Crippen molar-refractivity contribution in [2.75, 3.05) is 25.2 Å². The Morgan fingerprint density at radius 1 is 1.16 bits per heavy atom. The van der Waals surface area contributed by atoms with E-state index in [1.54, 1.807) is 18.9 Å². The second-order valence-corrected chi connectivity index (χ2v) is 5.21. The molecule has 0 aliphatic heterocycles. The minimum Gasteiger partial charge on any atom is -0.497 e. The fourth-order valence-corrected chi connectivity index (χ4v) is 2.29. The van der Waals surface area contributed by atoms with Crippen LogP contribution in [-0.2, 0) is 4.79 Å². The van der Waals surface area contributed by atoms with Gasteiger partial charge in [-0.1, -0.05) is 0 Å². The molecule has 0 heterocycles. The molecular weight excluding hydrogens is 264 g/mol. The molecule has 0 aliphatic carbocycles. The Labute approximate surface area is 118 Å². The maximum Gasteiger partial charge on any atom is 0.303 e. The summed E-state index contributed by atoms with van der Waals surface area (Å²) in [5.74, 6) is 2.85. The first-order valence-electron chi connectivity index (χ1n) is 6.29. The van der Waals surface area contributed by atoms with Crippen LogP contribution in [0.15, 0.2) is 24.3 Å². The van der Waals surface area contributed by atoms with E-state index in [1.165, 1.54) is 0 Å². The van der Waals surface area contributed by atoms with Gasteiger partial charge in [-0.2, -0.15) is 11.8 Å². The summed E-state index contributed by atoms with van der Waals surface area (Å²) in [5, 5.41) is 8.48. The Bertz CT molecular complexity index is 364. The molecule has 19 heavy (non-hydrogen) atoms. The van der Waals surface area contributed by atoms with Crippen LogP contribution >= 0.6 is 11.8 Å². The summed E-state index contributed by atoms with van der Waals surface area (Å²) in [7, 11) is 1.64. The molecule has 4 nitrogen and oxygen atoms in total. The Morgan fingerprint density at radius 3 is 2.47 bits per heavy atom. The topological polar surface area (TPSA) is 55.8 Å². The van der Waals surface area contributed by atoms with Crippen LogP contribution in [0.5, 0.6) is 11.5 Å². The molecule has 0 radical (unpaired) electrons. The van der Waals surface area contributed by atoms with Crippen molar-refractivity contribution in [2.24, 2.45) is 0 Å². The third-order valence-corrected chi connectivity index (χ3v) is 3.52. The van der Waals surface area contributed by atoms with Crippen molar-refractivity contribution in [1.82, 2.24) is 0 Å². The molecule has 106 valence electrons. The van der Waals surface area contributed by atoms with Crippen LogP contribution < -0.4 is 9.47 Å². The van der Waals surface area contributed by atoms with Crippen LogP contribution in [0.1, 0.15) is 19.3 Å². The van der Waals surface area contributed by atoms with Gasteiger partial charge in [0.05, 0.1) is 13.7 Å². The van der Waals surface area contributed by atoms with Gasteiger partial charge in [0.1, 0.15) is 11.5 Å². The van der Waals surface area contributed by atoms with E-state index in [-0.39, 0.29) is 6.42 Å². The number of unbranched alkanes of at least 4 members (excludes halogenated alkanes) is 1. The molecule has 1 rings (SSSR count). The van der Waals surface area contributed by atoms with Gasteiger partial charge in [0.15, 0.2) is 0 Å². The number of hydrogen-bond donors (Lipinski definition) is 1. The molecule has 1 aromatic rings. The number of thioether (sulfide) groups is 1. The van der Waals surface area contributed by atoms with Crippen molar-refractivity contribution in [3.63, 3.8) is 0 Å². The van der Waals surface area contributed by atoms with Crippen LogP contribution in [0.25, 0.3) is 0 Å². The fraction of sp³-hybridized carbons (Fsp3) is 0.500. The number of carbonyl (C=O) groups is 1. The number of benzene rings is 1. The molecule has 0 spiro atoms. The zero-order valence-corrected chi connectivity index (χ0v) is 11.9. The number of hydrogen-bond acceptors (Lipinski definition) is 4. The van der Waals surface area contributed by atoms with E-state index in [0.29, 0.717) is 6.61 Å². The lowest BCUT2D eigenvalue weighted by atomic mass is 10.3. The van der Waals surface area contributed by atoms with Crippen molar-refractivity contribution < 1.29 is 19.4 Å². The molecule has 0 saturated carbocycles. The summed E-state index contributed by atoms with van der Waals surface area (Å²) in [6.07, 6.45) is 1.96. The zero-order chi connectivity index (χ0) is 13.9. The average molecular weight is 284 g/mol. The second-order valence-electron chi connectivity index (χ2n) is 3.99. The van der Waals surface area contributed by atoms with E-state index in [2.05, 4.69) is 0 Å². The number of rotatable bonds is 10. The van der Waals surface area contributed by atoms with Crippen LogP contribution in [-0.4, -0.2) is 36.3 Å². The highest BCUT2D eigenvalue weighted by Gasteiger charge is 1.98. The quantitative estimate of drug-likeness (QED) is 0.669. The molecule has 0 fully saturated rings. The predicted molar refractivity (Wildman–Crippen MR) is 77.3 cm³/mol. The van der Waals surface area contributed by atoms with Crippen molar-refractivity contribution in [1.29, 1.82) is 0 Å². The lowest BCUT2D eigenvalue weighted by molar-refractivity contribution is -0.137. The molecule has 0 aliphatic rings. The summed E-state index contributed by atoms with van der Waals surface area (Å²) < 4.78 is 10.6. The van der Waals surface area contributed by atoms with Gasteiger partial charge in [0.25, 0.3) is 0 Å². The molecule has 0 saturated heterocycles. The van der Waals surface area contributed by atoms with Crippen LogP contribution in [0.3, 0.4) is 0 Å². The number of ether oxygens (including phenoxy) is 2. The SMILES string of the molecule is COc1ccc(OCCSCCCCC(=O)O)cc1. The minimum atomic E-state index is -0.715. The summed E-state index contributed by atoms with van der Waals surface area (Å²) in [6.45, 7) is 0.663. The maximum absolute atomic E-state index is 10.3. The summed E-state index contributed by atoms with van der Waals surface area (Å²) >= 11 is 1.79. The number of methoxy groups -OCH3 is 1. The van der Waals surface area contributed by atoms with Crippen LogP contribution in [0.2, 0.25) is 0 Å². The van der Waals surface area contributed by atoms with Crippen LogP contribution in [0, 0.1) is 0 Å². The molecular formula is C14H20O4S. The lowest BCUT2D eigenvalue weighted by Gasteiger charge is -2.06. The van der Waals surface area contributed by atoms with E-state index < -0.39 is 5.97 Å². The van der Waals surface area contributed by atoms with Crippen molar-refractivity contribution in [3.8, 4) is 11.5 Å². The molecule has 0 unspecified atom stereocenters. The van der Waals surface area contributed by atoms with Gasteiger partial charge >= 0.3 is 5.97 Å². The monoisotopic (exact) mass is 284 g/mol. The normalized spacial score (nSPS) is 10.2. The molecule has 0 amide bonds. The van der Waals surface area contributed by atoms with Gasteiger partial charge in [-0.25, -0.2) is 0 Å². The summed E-state index contributed by atoms with van der Waals surface area (Å²) in [4.78, 5) is 10.3. The Balaban J connectivity index is 1.99. The van der Waals surface area contributed by atoms with E-state index >= 15 is 0 Å². The number of carboxylic acid groups (broad SMARTS) is 1. The molecule has 0 bridgehead atoms. The highest BCUT2D eigenvalue weighted by molar-refractivity contribution is 7.99. The van der Waals surface area contributed by atoms with Gasteiger partial charge in [0.2, 0.25) is 0 Å². The first kappa shape index (κ1) is 15.7. The number of aliphatic carboxylic acids is 1. The Hall–Kier alpha value is -1.36. The molecule has 1 N–H and O–H groups in total. The molecule has 5 heteroatoms. The first-order chi connectivity index (χ1) is 9.22.